The van der Waals surface area contributed by atoms with Crippen LogP contribution in [-0.4, -0.2) is 60.1 Å². The molecule has 51 heavy (non-hydrogen) atoms. The highest BCUT2D eigenvalue weighted by Crippen LogP contribution is 2.53. The molecule has 2 aromatic carbocycles. The van der Waals surface area contributed by atoms with Gasteiger partial charge in [0, 0.05) is 24.0 Å². The van der Waals surface area contributed by atoms with Gasteiger partial charge in [0.2, 0.25) is 23.6 Å². The van der Waals surface area contributed by atoms with E-state index in [-0.39, 0.29) is 36.8 Å². The minimum Gasteiger partial charge on any atom is -0.351 e. The highest BCUT2D eigenvalue weighted by Gasteiger charge is 2.49. The molecule has 5 saturated carbocycles. The Bertz CT molecular complexity index is 1410. The zero-order valence-corrected chi connectivity index (χ0v) is 31.2. The third-order valence-electron chi connectivity index (χ3n) is 11.6. The fourth-order valence-corrected chi connectivity index (χ4v) is 10.3. The Morgan fingerprint density at radius 1 is 0.725 bits per heavy atom. The van der Waals surface area contributed by atoms with Gasteiger partial charge < -0.3 is 27.0 Å². The molecule has 0 aliphatic heterocycles. The van der Waals surface area contributed by atoms with Gasteiger partial charge in [0.05, 0.1) is 12.6 Å². The molecule has 7 rings (SSSR count). The summed E-state index contributed by atoms with van der Waals surface area (Å²) in [4.78, 5) is 53.9. The fourth-order valence-electron chi connectivity index (χ4n) is 9.24. The summed E-state index contributed by atoms with van der Waals surface area (Å²) >= 11 is 1.54. The van der Waals surface area contributed by atoms with E-state index in [4.69, 9.17) is 5.73 Å². The summed E-state index contributed by atoms with van der Waals surface area (Å²) in [5.74, 6) is 2.66. The average Bonchev–Trinajstić information content (AvgIpc) is 3.12. The lowest BCUT2D eigenvalue weighted by Crippen LogP contribution is -2.60. The van der Waals surface area contributed by atoms with E-state index in [1.54, 1.807) is 0 Å². The summed E-state index contributed by atoms with van der Waals surface area (Å²) in [7, 11) is 0. The molecule has 5 fully saturated rings. The lowest BCUT2D eigenvalue weighted by Gasteiger charge is -2.54. The summed E-state index contributed by atoms with van der Waals surface area (Å²) < 4.78 is 0. The molecular weight excluding hydrogens is 682 g/mol. The molecule has 0 spiro atoms. The number of rotatable bonds is 16. The third-order valence-corrected chi connectivity index (χ3v) is 12.7. The monoisotopic (exact) mass is 737 g/mol. The van der Waals surface area contributed by atoms with Crippen molar-refractivity contribution in [2.24, 2.45) is 35.3 Å². The van der Waals surface area contributed by atoms with Crippen LogP contribution in [0.15, 0.2) is 60.7 Å². The van der Waals surface area contributed by atoms with Crippen molar-refractivity contribution in [1.29, 1.82) is 0 Å². The zero-order valence-electron chi connectivity index (χ0n) is 29.6. The standard InChI is InChI=1S/C40H55N5O4S.ClH/c41-33(21-26-10-4-1-5-11-26)38(47)44-35(25-50-24-28-14-8-3-9-15-28)39(48)42-23-36(46)43-34(22-27-12-6-2-7-13-27)40(49)45-37-31-17-29-16-30(19-31)20-32(37)18-29;/h2-3,6-9,12-15,26,29-35,37H,1,4-5,10-11,16-25,41H2,(H,42,48)(H,43,46)(H,44,47)(H,45,49);1H/t29?,30?,31?,32?,33-,34-,35+,37?;/m0./s1. The second-order valence-corrected chi connectivity index (χ2v) is 16.4. The summed E-state index contributed by atoms with van der Waals surface area (Å²) in [6.07, 6.45) is 12.8. The van der Waals surface area contributed by atoms with E-state index in [0.29, 0.717) is 42.1 Å². The maximum atomic E-state index is 13.8. The van der Waals surface area contributed by atoms with Crippen molar-refractivity contribution in [1.82, 2.24) is 21.3 Å². The maximum absolute atomic E-state index is 13.8. The predicted molar refractivity (Wildman–Crippen MR) is 205 cm³/mol. The molecule has 278 valence electrons. The van der Waals surface area contributed by atoms with Gasteiger partial charge in [-0.25, -0.2) is 0 Å². The van der Waals surface area contributed by atoms with Crippen molar-refractivity contribution in [2.75, 3.05) is 12.3 Å². The number of hydrogen-bond acceptors (Lipinski definition) is 6. The zero-order chi connectivity index (χ0) is 34.9. The van der Waals surface area contributed by atoms with E-state index in [1.165, 1.54) is 63.1 Å². The summed E-state index contributed by atoms with van der Waals surface area (Å²) in [6, 6.07) is 17.5. The van der Waals surface area contributed by atoms with Crippen LogP contribution in [0.25, 0.3) is 0 Å². The minimum absolute atomic E-state index is 0. The van der Waals surface area contributed by atoms with Crippen LogP contribution in [0.2, 0.25) is 0 Å². The molecule has 9 nitrogen and oxygen atoms in total. The first-order valence-electron chi connectivity index (χ1n) is 18.9. The van der Waals surface area contributed by atoms with E-state index >= 15 is 0 Å². The molecular formula is C40H56ClN5O4S. The molecule has 4 bridgehead atoms. The number of benzene rings is 2. The van der Waals surface area contributed by atoms with Gasteiger partial charge in [0.1, 0.15) is 12.1 Å². The Morgan fingerprint density at radius 3 is 1.96 bits per heavy atom. The molecule has 0 heterocycles. The number of carbonyl (C=O) groups is 4. The quantitative estimate of drug-likeness (QED) is 0.166. The normalized spacial score (nSPS) is 25.5. The number of halogens is 1. The van der Waals surface area contributed by atoms with Crippen LogP contribution in [0.3, 0.4) is 0 Å². The molecule has 0 aromatic heterocycles. The first-order valence-corrected chi connectivity index (χ1v) is 20.0. The van der Waals surface area contributed by atoms with E-state index in [9.17, 15) is 19.2 Å². The Kier molecular flexibility index (Phi) is 14.7. The van der Waals surface area contributed by atoms with Crippen molar-refractivity contribution < 1.29 is 19.2 Å². The van der Waals surface area contributed by atoms with Crippen LogP contribution in [0.5, 0.6) is 0 Å². The van der Waals surface area contributed by atoms with Crippen molar-refractivity contribution in [2.45, 2.75) is 107 Å². The Labute approximate surface area is 313 Å². The molecule has 11 heteroatoms. The third kappa shape index (κ3) is 11.2. The number of thioether (sulfide) groups is 1. The molecule has 6 N–H and O–H groups in total. The lowest BCUT2D eigenvalue weighted by molar-refractivity contribution is -0.132. The van der Waals surface area contributed by atoms with E-state index in [0.717, 1.165) is 35.8 Å². The number of hydrogen-bond donors (Lipinski definition) is 5. The summed E-state index contributed by atoms with van der Waals surface area (Å²) in [5.41, 5.74) is 8.41. The van der Waals surface area contributed by atoms with Gasteiger partial charge in [-0.2, -0.15) is 11.8 Å². The topological polar surface area (TPSA) is 142 Å². The summed E-state index contributed by atoms with van der Waals surface area (Å²) in [5, 5.41) is 11.9. The maximum Gasteiger partial charge on any atom is 0.243 e. The Morgan fingerprint density at radius 2 is 1.33 bits per heavy atom. The van der Waals surface area contributed by atoms with Crippen LogP contribution >= 0.6 is 24.2 Å². The van der Waals surface area contributed by atoms with Crippen molar-refractivity contribution in [3.63, 3.8) is 0 Å². The Balaban J connectivity index is 0.00000504. The molecule has 5 aliphatic rings. The van der Waals surface area contributed by atoms with Gasteiger partial charge in [0.25, 0.3) is 0 Å². The average molecular weight is 738 g/mol. The minimum atomic E-state index is -0.859. The molecule has 0 radical (unpaired) electrons. The van der Waals surface area contributed by atoms with E-state index in [2.05, 4.69) is 21.3 Å². The molecule has 0 unspecified atom stereocenters. The van der Waals surface area contributed by atoms with Gasteiger partial charge in [-0.05, 0) is 79.2 Å². The first-order chi connectivity index (χ1) is 24.3. The van der Waals surface area contributed by atoms with Crippen LogP contribution < -0.4 is 27.0 Å². The molecule has 4 amide bonds. The van der Waals surface area contributed by atoms with Gasteiger partial charge in [0.15, 0.2) is 0 Å². The second-order valence-electron chi connectivity index (χ2n) is 15.4. The van der Waals surface area contributed by atoms with Gasteiger partial charge in [-0.1, -0.05) is 92.8 Å². The Hall–Kier alpha value is -3.08. The van der Waals surface area contributed by atoms with Crippen molar-refractivity contribution >= 4 is 47.8 Å². The number of carbonyl (C=O) groups excluding carboxylic acids is 4. The number of nitrogens with one attached hydrogen (secondary N) is 4. The highest BCUT2D eigenvalue weighted by atomic mass is 35.5. The predicted octanol–water partition coefficient (Wildman–Crippen LogP) is 4.91. The van der Waals surface area contributed by atoms with Crippen LogP contribution in [0, 0.1) is 29.6 Å². The van der Waals surface area contributed by atoms with E-state index in [1.807, 2.05) is 60.7 Å². The van der Waals surface area contributed by atoms with Crippen LogP contribution in [0.4, 0.5) is 0 Å². The summed E-state index contributed by atoms with van der Waals surface area (Å²) in [6.45, 7) is -0.306. The van der Waals surface area contributed by atoms with Crippen molar-refractivity contribution in [3.05, 3.63) is 71.8 Å². The van der Waals surface area contributed by atoms with Crippen LogP contribution in [0.1, 0.15) is 81.8 Å². The number of nitrogens with two attached hydrogens (primary N) is 1. The SMILES string of the molecule is Cl.N[C@@H](CC1CCCCC1)C(=O)N[C@H](CSCc1ccccc1)C(=O)NCC(=O)N[C@@H](Cc1ccccc1)C(=O)NC1C2CC3CC(C2)CC1C3. The molecule has 5 aliphatic carbocycles. The number of amides is 4. The molecule has 0 saturated heterocycles. The smallest absolute Gasteiger partial charge is 0.243 e. The van der Waals surface area contributed by atoms with E-state index < -0.39 is 29.9 Å². The lowest BCUT2D eigenvalue weighted by atomic mass is 9.54. The molecule has 2 aromatic rings. The van der Waals surface area contributed by atoms with Gasteiger partial charge >= 0.3 is 0 Å². The fraction of sp³-hybridized carbons (Fsp3) is 0.600. The van der Waals surface area contributed by atoms with Gasteiger partial charge in [-0.3, -0.25) is 19.2 Å². The second kappa shape index (κ2) is 19.1. The highest BCUT2D eigenvalue weighted by molar-refractivity contribution is 7.98. The largest absolute Gasteiger partial charge is 0.351 e. The first kappa shape index (κ1) is 39.1. The molecule has 3 atom stereocenters. The van der Waals surface area contributed by atoms with Crippen molar-refractivity contribution in [3.8, 4) is 0 Å². The van der Waals surface area contributed by atoms with Gasteiger partial charge in [-0.15, -0.1) is 12.4 Å². The van der Waals surface area contributed by atoms with Crippen LogP contribution in [-0.2, 0) is 31.4 Å².